The van der Waals surface area contributed by atoms with E-state index in [0.717, 1.165) is 0 Å². The van der Waals surface area contributed by atoms with E-state index in [1.807, 2.05) is 6.07 Å². The highest BCUT2D eigenvalue weighted by Crippen LogP contribution is 2.24. The lowest BCUT2D eigenvalue weighted by molar-refractivity contribution is 0.0518. The van der Waals surface area contributed by atoms with E-state index in [4.69, 9.17) is 16.3 Å². The van der Waals surface area contributed by atoms with Gasteiger partial charge in [-0.3, -0.25) is 0 Å². The normalized spacial score (nSPS) is 12.9. The monoisotopic (exact) mass is 285 g/mol. The summed E-state index contributed by atoms with van der Waals surface area (Å²) in [6, 6.07) is 7.10. The number of benzene rings is 1. The van der Waals surface area contributed by atoms with Crippen LogP contribution >= 0.6 is 11.6 Å². The molecule has 0 aliphatic carbocycles. The first-order valence-corrected chi connectivity index (χ1v) is 6.57. The molecule has 1 amide bonds. The van der Waals surface area contributed by atoms with Gasteiger partial charge in [0.25, 0.3) is 0 Å². The zero-order chi connectivity index (χ0) is 14.5. The van der Waals surface area contributed by atoms with Gasteiger partial charge in [-0.05, 0) is 38.8 Å². The molecule has 0 aliphatic rings. The number of carbonyl (C=O) groups is 1. The molecule has 0 bridgehead atoms. The fourth-order valence-corrected chi connectivity index (χ4v) is 1.79. The molecule has 1 aromatic carbocycles. The molecule has 1 rings (SSSR count). The number of ether oxygens (including phenoxy) is 1. The maximum Gasteiger partial charge on any atom is 0.407 e. The Morgan fingerprint density at radius 2 is 2.05 bits per heavy atom. The number of halogens is 1. The van der Waals surface area contributed by atoms with E-state index in [-0.39, 0.29) is 0 Å². The van der Waals surface area contributed by atoms with Gasteiger partial charge in [-0.2, -0.15) is 0 Å². The Morgan fingerprint density at radius 3 is 2.63 bits per heavy atom. The Kier molecular flexibility index (Phi) is 5.63. The molecule has 2 N–H and O–H groups in total. The summed E-state index contributed by atoms with van der Waals surface area (Å²) in [5.41, 5.74) is 0.140. The van der Waals surface area contributed by atoms with Crippen molar-refractivity contribution in [1.29, 1.82) is 0 Å². The Balaban J connectivity index is 2.38. The topological polar surface area (TPSA) is 58.6 Å². The zero-order valence-corrected chi connectivity index (χ0v) is 12.2. The predicted octanol–water partition coefficient (Wildman–Crippen LogP) is 3.29. The number of aliphatic hydroxyl groups excluding tert-OH is 1. The molecule has 106 valence electrons. The van der Waals surface area contributed by atoms with Gasteiger partial charge in [-0.1, -0.05) is 29.8 Å². The molecule has 0 aromatic heterocycles. The van der Waals surface area contributed by atoms with Gasteiger partial charge >= 0.3 is 6.09 Å². The molecule has 1 aromatic rings. The van der Waals surface area contributed by atoms with Gasteiger partial charge < -0.3 is 15.2 Å². The first kappa shape index (κ1) is 15.8. The van der Waals surface area contributed by atoms with Crippen molar-refractivity contribution in [3.63, 3.8) is 0 Å². The van der Waals surface area contributed by atoms with Crippen LogP contribution in [0.5, 0.6) is 0 Å². The van der Waals surface area contributed by atoms with E-state index in [2.05, 4.69) is 5.32 Å². The smallest absolute Gasteiger partial charge is 0.407 e. The molecule has 0 saturated heterocycles. The van der Waals surface area contributed by atoms with Crippen molar-refractivity contribution in [3.8, 4) is 0 Å². The maximum atomic E-state index is 11.4. The van der Waals surface area contributed by atoms with Crippen molar-refractivity contribution < 1.29 is 14.6 Å². The van der Waals surface area contributed by atoms with Crippen LogP contribution in [0.4, 0.5) is 4.79 Å². The number of nitrogens with one attached hydrogen (secondary N) is 1. The molecule has 19 heavy (non-hydrogen) atoms. The third-order valence-electron chi connectivity index (χ3n) is 2.35. The summed E-state index contributed by atoms with van der Waals surface area (Å²) < 4.78 is 5.09. The third kappa shape index (κ3) is 5.94. The summed E-state index contributed by atoms with van der Waals surface area (Å²) in [4.78, 5) is 11.4. The highest BCUT2D eigenvalue weighted by Gasteiger charge is 2.16. The molecule has 0 heterocycles. The summed E-state index contributed by atoms with van der Waals surface area (Å²) in [5, 5.41) is 13.1. The maximum absolute atomic E-state index is 11.4. The third-order valence-corrected chi connectivity index (χ3v) is 2.69. The van der Waals surface area contributed by atoms with Crippen LogP contribution in [0.15, 0.2) is 24.3 Å². The predicted molar refractivity (Wildman–Crippen MR) is 75.3 cm³/mol. The van der Waals surface area contributed by atoms with Crippen LogP contribution in [-0.4, -0.2) is 23.3 Å². The van der Waals surface area contributed by atoms with Crippen molar-refractivity contribution in [2.75, 3.05) is 6.54 Å². The standard InChI is InChI=1S/C14H20ClNO3/c1-14(2,3)19-13(18)16-9-8-12(17)10-6-4-5-7-11(10)15/h4-7,12,17H,8-9H2,1-3H3,(H,16,18). The summed E-state index contributed by atoms with van der Waals surface area (Å²) in [6.45, 7) is 5.71. The van der Waals surface area contributed by atoms with Crippen LogP contribution in [0.25, 0.3) is 0 Å². The number of aliphatic hydroxyl groups is 1. The second-order valence-electron chi connectivity index (χ2n) is 5.25. The zero-order valence-electron chi connectivity index (χ0n) is 11.4. The molecule has 1 unspecified atom stereocenters. The van der Waals surface area contributed by atoms with Crippen LogP contribution in [0, 0.1) is 0 Å². The molecular weight excluding hydrogens is 266 g/mol. The lowest BCUT2D eigenvalue weighted by Gasteiger charge is -2.20. The van der Waals surface area contributed by atoms with E-state index < -0.39 is 17.8 Å². The van der Waals surface area contributed by atoms with Gasteiger partial charge in [0.1, 0.15) is 5.60 Å². The highest BCUT2D eigenvalue weighted by atomic mass is 35.5. The van der Waals surface area contributed by atoms with Crippen molar-refractivity contribution in [2.24, 2.45) is 0 Å². The molecule has 5 heteroatoms. The second kappa shape index (κ2) is 6.78. The molecule has 0 fully saturated rings. The number of hydrogen-bond acceptors (Lipinski definition) is 3. The minimum absolute atomic E-state index is 0.321. The Bertz CT molecular complexity index is 429. The minimum Gasteiger partial charge on any atom is -0.444 e. The van der Waals surface area contributed by atoms with E-state index >= 15 is 0 Å². The average molecular weight is 286 g/mol. The molecule has 1 atom stereocenters. The molecule has 4 nitrogen and oxygen atoms in total. The Morgan fingerprint density at radius 1 is 1.42 bits per heavy atom. The number of alkyl carbamates (subject to hydrolysis) is 1. The number of hydrogen-bond donors (Lipinski definition) is 2. The molecule has 0 spiro atoms. The summed E-state index contributed by atoms with van der Waals surface area (Å²) in [7, 11) is 0. The summed E-state index contributed by atoms with van der Waals surface area (Å²) >= 11 is 5.98. The van der Waals surface area contributed by atoms with Crippen LogP contribution in [-0.2, 0) is 4.74 Å². The second-order valence-corrected chi connectivity index (χ2v) is 5.66. The average Bonchev–Trinajstić information content (AvgIpc) is 2.26. The van der Waals surface area contributed by atoms with Crippen LogP contribution in [0.2, 0.25) is 5.02 Å². The van der Waals surface area contributed by atoms with Crippen LogP contribution in [0.3, 0.4) is 0 Å². The van der Waals surface area contributed by atoms with Gasteiger partial charge in [0.2, 0.25) is 0 Å². The van der Waals surface area contributed by atoms with E-state index in [0.29, 0.717) is 23.6 Å². The molecule has 0 saturated carbocycles. The Hall–Kier alpha value is -1.26. The first-order chi connectivity index (χ1) is 8.79. The number of amides is 1. The first-order valence-electron chi connectivity index (χ1n) is 6.19. The quantitative estimate of drug-likeness (QED) is 0.892. The van der Waals surface area contributed by atoms with Gasteiger partial charge in [-0.25, -0.2) is 4.79 Å². The fourth-order valence-electron chi connectivity index (χ4n) is 1.53. The number of rotatable bonds is 4. The summed E-state index contributed by atoms with van der Waals surface area (Å²) in [6.07, 6.45) is -0.814. The van der Waals surface area contributed by atoms with Crippen LogP contribution < -0.4 is 5.32 Å². The van der Waals surface area contributed by atoms with E-state index in [1.165, 1.54) is 0 Å². The minimum atomic E-state index is -0.705. The van der Waals surface area contributed by atoms with Crippen molar-refractivity contribution in [1.82, 2.24) is 5.32 Å². The van der Waals surface area contributed by atoms with Gasteiger partial charge in [-0.15, -0.1) is 0 Å². The van der Waals surface area contributed by atoms with Gasteiger partial charge in [0.15, 0.2) is 0 Å². The molecule has 0 radical (unpaired) electrons. The SMILES string of the molecule is CC(C)(C)OC(=O)NCCC(O)c1ccccc1Cl. The van der Waals surface area contributed by atoms with Crippen molar-refractivity contribution >= 4 is 17.7 Å². The van der Waals surface area contributed by atoms with Gasteiger partial charge in [0, 0.05) is 11.6 Å². The molecule has 0 aliphatic heterocycles. The Labute approximate surface area is 118 Å². The lowest BCUT2D eigenvalue weighted by atomic mass is 10.1. The number of carbonyl (C=O) groups excluding carboxylic acids is 1. The van der Waals surface area contributed by atoms with Crippen molar-refractivity contribution in [2.45, 2.75) is 38.9 Å². The van der Waals surface area contributed by atoms with Crippen LogP contribution in [0.1, 0.15) is 38.9 Å². The lowest BCUT2D eigenvalue weighted by Crippen LogP contribution is -2.33. The fraction of sp³-hybridized carbons (Fsp3) is 0.500. The largest absolute Gasteiger partial charge is 0.444 e. The van der Waals surface area contributed by atoms with E-state index in [1.54, 1.807) is 39.0 Å². The molecular formula is C14H20ClNO3. The van der Waals surface area contributed by atoms with Gasteiger partial charge in [0.05, 0.1) is 6.10 Å². The highest BCUT2D eigenvalue weighted by molar-refractivity contribution is 6.31. The van der Waals surface area contributed by atoms with E-state index in [9.17, 15) is 9.90 Å². The van der Waals surface area contributed by atoms with Crippen molar-refractivity contribution in [3.05, 3.63) is 34.9 Å². The summed E-state index contributed by atoms with van der Waals surface area (Å²) in [5.74, 6) is 0.